The molecule has 10 heavy (non-hydrogen) atoms. The predicted octanol–water partition coefficient (Wildman–Crippen LogP) is 3.18. The van der Waals surface area contributed by atoms with E-state index in [-0.39, 0.29) is 0 Å². The van der Waals surface area contributed by atoms with Crippen molar-refractivity contribution in [2.75, 3.05) is 0 Å². The van der Waals surface area contributed by atoms with Crippen molar-refractivity contribution in [1.82, 2.24) is 0 Å². The van der Waals surface area contributed by atoms with Gasteiger partial charge >= 0.3 is 0 Å². The van der Waals surface area contributed by atoms with Crippen LogP contribution in [0.25, 0.3) is 0 Å². The summed E-state index contributed by atoms with van der Waals surface area (Å²) in [5, 5.41) is 0. The first-order valence-electron chi connectivity index (χ1n) is 4.27. The highest BCUT2D eigenvalue weighted by Crippen LogP contribution is 1.87. The molecule has 1 nitrogen and oxygen atoms in total. The zero-order chi connectivity index (χ0) is 8.24. The van der Waals surface area contributed by atoms with Crippen LogP contribution in [0.3, 0.4) is 0 Å². The molecule has 0 saturated carbocycles. The summed E-state index contributed by atoms with van der Waals surface area (Å²) in [6.45, 7) is 6.43. The van der Waals surface area contributed by atoms with Crippen LogP contribution in [0.5, 0.6) is 0 Å². The first-order chi connectivity index (χ1) is 4.83. The maximum Gasteiger partial charge on any atom is 0.119 e. The molecule has 1 heteroatoms. The molecule has 0 amide bonds. The minimum Gasteiger partial charge on any atom is -0.303 e. The van der Waals surface area contributed by atoms with Gasteiger partial charge in [0.05, 0.1) is 0 Å². The van der Waals surface area contributed by atoms with Crippen molar-refractivity contribution in [3.05, 3.63) is 0 Å². The van der Waals surface area contributed by atoms with Crippen molar-refractivity contribution in [1.29, 1.82) is 0 Å². The minimum atomic E-state index is 0.733. The Balaban J connectivity index is 0. The van der Waals surface area contributed by atoms with Crippen LogP contribution in [-0.4, -0.2) is 6.29 Å². The molecule has 0 N–H and O–H groups in total. The van der Waals surface area contributed by atoms with Gasteiger partial charge in [-0.1, -0.05) is 40.0 Å². The fraction of sp³-hybridized carbons (Fsp3) is 0.889. The van der Waals surface area contributed by atoms with Gasteiger partial charge < -0.3 is 4.79 Å². The Hall–Kier alpha value is -0.330. The van der Waals surface area contributed by atoms with Gasteiger partial charge in [0, 0.05) is 6.42 Å². The molecule has 0 aliphatic carbocycles. The lowest BCUT2D eigenvalue weighted by atomic mass is 10.3. The summed E-state index contributed by atoms with van der Waals surface area (Å²) in [6.07, 6.45) is 6.50. The second-order valence-electron chi connectivity index (χ2n) is 2.31. The molecular formula is C9H20O. The summed E-state index contributed by atoms with van der Waals surface area (Å²) in [4.78, 5) is 9.56. The van der Waals surface area contributed by atoms with E-state index in [1.54, 1.807) is 0 Å². The number of carbonyl (C=O) groups excluding carboxylic acids is 1. The van der Waals surface area contributed by atoms with Gasteiger partial charge in [0.1, 0.15) is 6.29 Å². The normalized spacial score (nSPS) is 7.90. The van der Waals surface area contributed by atoms with Crippen LogP contribution in [0.1, 0.15) is 52.9 Å². The molecule has 0 bridgehead atoms. The number of unbranched alkanes of at least 4 members (excludes halogenated alkanes) is 3. The van der Waals surface area contributed by atoms with Crippen LogP contribution in [0.4, 0.5) is 0 Å². The second kappa shape index (κ2) is 15.9. The Morgan fingerprint density at radius 3 is 1.60 bits per heavy atom. The molecule has 0 heterocycles. The van der Waals surface area contributed by atoms with Crippen molar-refractivity contribution in [2.45, 2.75) is 52.9 Å². The van der Waals surface area contributed by atoms with E-state index in [0.29, 0.717) is 0 Å². The van der Waals surface area contributed by atoms with Gasteiger partial charge in [0.2, 0.25) is 0 Å². The zero-order valence-corrected chi connectivity index (χ0v) is 7.52. The van der Waals surface area contributed by atoms with E-state index < -0.39 is 0 Å². The average molecular weight is 144 g/mol. The maximum absolute atomic E-state index is 9.56. The molecule has 0 aromatic rings. The Labute approximate surface area is 64.8 Å². The van der Waals surface area contributed by atoms with E-state index >= 15 is 0 Å². The van der Waals surface area contributed by atoms with Crippen molar-refractivity contribution in [2.24, 2.45) is 0 Å². The molecule has 62 valence electrons. The number of carbonyl (C=O) groups is 1. The van der Waals surface area contributed by atoms with E-state index in [0.717, 1.165) is 25.5 Å². The first-order valence-corrected chi connectivity index (χ1v) is 4.27. The lowest BCUT2D eigenvalue weighted by Crippen LogP contribution is -1.70. The lowest BCUT2D eigenvalue weighted by Gasteiger charge is -1.79. The summed E-state index contributed by atoms with van der Waals surface area (Å²) in [6, 6.07) is 0. The van der Waals surface area contributed by atoms with Crippen molar-refractivity contribution in [3.63, 3.8) is 0 Å². The second-order valence-corrected chi connectivity index (χ2v) is 2.31. The molecule has 0 saturated heterocycles. The number of rotatable bonds is 4. The van der Waals surface area contributed by atoms with Crippen molar-refractivity contribution in [3.8, 4) is 0 Å². The molecule has 0 radical (unpaired) electrons. The van der Waals surface area contributed by atoms with Gasteiger partial charge in [-0.15, -0.1) is 0 Å². The Morgan fingerprint density at radius 1 is 1.00 bits per heavy atom. The molecule has 0 spiro atoms. The summed E-state index contributed by atoms with van der Waals surface area (Å²) in [5.41, 5.74) is 0. The standard InChI is InChI=1S/C5H10O.C4H10/c1-2-3-4-5-6;1-3-4-2/h5H,2-4H2,1H3;3-4H2,1-2H3. The van der Waals surface area contributed by atoms with Gasteiger partial charge in [-0.3, -0.25) is 0 Å². The number of aldehydes is 1. The SMILES string of the molecule is CCCC.CCCCC=O. The fourth-order valence-corrected chi connectivity index (χ4v) is 0.287. The number of hydrogen-bond acceptors (Lipinski definition) is 1. The van der Waals surface area contributed by atoms with Crippen LogP contribution in [0, 0.1) is 0 Å². The average Bonchev–Trinajstić information content (AvgIpc) is 2.01. The first kappa shape index (κ1) is 12.4. The summed E-state index contributed by atoms with van der Waals surface area (Å²) < 4.78 is 0. The molecule has 0 aromatic carbocycles. The molecule has 0 unspecified atom stereocenters. The molecule has 0 atom stereocenters. The molecule has 0 aromatic heterocycles. The Morgan fingerprint density at radius 2 is 1.50 bits per heavy atom. The molecule has 0 rings (SSSR count). The van der Waals surface area contributed by atoms with E-state index in [1.165, 1.54) is 12.8 Å². The third kappa shape index (κ3) is 25.3. The maximum atomic E-state index is 9.56. The van der Waals surface area contributed by atoms with E-state index in [2.05, 4.69) is 20.8 Å². The van der Waals surface area contributed by atoms with Crippen LogP contribution in [0.2, 0.25) is 0 Å². The zero-order valence-electron chi connectivity index (χ0n) is 7.52. The van der Waals surface area contributed by atoms with E-state index in [4.69, 9.17) is 0 Å². The van der Waals surface area contributed by atoms with Crippen LogP contribution >= 0.6 is 0 Å². The predicted molar refractivity (Wildman–Crippen MR) is 46.2 cm³/mol. The largest absolute Gasteiger partial charge is 0.303 e. The highest BCUT2D eigenvalue weighted by molar-refractivity contribution is 5.48. The third-order valence-electron chi connectivity index (χ3n) is 1.18. The van der Waals surface area contributed by atoms with E-state index in [1.807, 2.05) is 0 Å². The summed E-state index contributed by atoms with van der Waals surface area (Å²) >= 11 is 0. The smallest absolute Gasteiger partial charge is 0.119 e. The quantitative estimate of drug-likeness (QED) is 0.437. The fourth-order valence-electron chi connectivity index (χ4n) is 0.287. The van der Waals surface area contributed by atoms with Gasteiger partial charge in [0.25, 0.3) is 0 Å². The Bertz CT molecular complexity index is 48.7. The molecule has 0 aliphatic rings. The highest BCUT2D eigenvalue weighted by Gasteiger charge is 1.74. The highest BCUT2D eigenvalue weighted by atomic mass is 16.1. The summed E-state index contributed by atoms with van der Waals surface area (Å²) in [5.74, 6) is 0. The van der Waals surface area contributed by atoms with Crippen LogP contribution in [0.15, 0.2) is 0 Å². The topological polar surface area (TPSA) is 17.1 Å². The molecule has 0 fully saturated rings. The monoisotopic (exact) mass is 144 g/mol. The third-order valence-corrected chi connectivity index (χ3v) is 1.18. The Kier molecular flexibility index (Phi) is 19.6. The minimum absolute atomic E-state index is 0.733. The van der Waals surface area contributed by atoms with Crippen molar-refractivity contribution < 1.29 is 4.79 Å². The van der Waals surface area contributed by atoms with E-state index in [9.17, 15) is 4.79 Å². The van der Waals surface area contributed by atoms with Gasteiger partial charge in [-0.2, -0.15) is 0 Å². The molecular weight excluding hydrogens is 124 g/mol. The van der Waals surface area contributed by atoms with Gasteiger partial charge in [-0.05, 0) is 6.42 Å². The molecule has 0 aliphatic heterocycles. The lowest BCUT2D eigenvalue weighted by molar-refractivity contribution is -0.107. The van der Waals surface area contributed by atoms with Crippen LogP contribution < -0.4 is 0 Å². The van der Waals surface area contributed by atoms with Gasteiger partial charge in [-0.25, -0.2) is 0 Å². The van der Waals surface area contributed by atoms with Crippen LogP contribution in [-0.2, 0) is 4.79 Å². The van der Waals surface area contributed by atoms with Crippen molar-refractivity contribution >= 4 is 6.29 Å². The number of hydrogen-bond donors (Lipinski definition) is 0. The summed E-state index contributed by atoms with van der Waals surface area (Å²) in [7, 11) is 0. The van der Waals surface area contributed by atoms with Gasteiger partial charge in [0.15, 0.2) is 0 Å².